The summed E-state index contributed by atoms with van der Waals surface area (Å²) in [5.74, 6) is -0.313. The van der Waals surface area contributed by atoms with Gasteiger partial charge in [0.05, 0.1) is 18.3 Å². The second kappa shape index (κ2) is 9.15. The van der Waals surface area contributed by atoms with Gasteiger partial charge in [-0.3, -0.25) is 9.59 Å². The molecule has 0 radical (unpaired) electrons. The molecule has 9 heteroatoms. The topological polar surface area (TPSA) is 124 Å². The number of ether oxygens (including phenoxy) is 2. The van der Waals surface area contributed by atoms with Crippen LogP contribution in [0.1, 0.15) is 48.3 Å². The number of primary amides is 1. The first-order valence-electron chi connectivity index (χ1n) is 12.1. The van der Waals surface area contributed by atoms with Gasteiger partial charge in [-0.1, -0.05) is 0 Å². The molecule has 1 fully saturated rings. The first-order chi connectivity index (χ1) is 17.6. The van der Waals surface area contributed by atoms with Crippen molar-refractivity contribution >= 4 is 11.8 Å². The molecule has 0 unspecified atom stereocenters. The summed E-state index contributed by atoms with van der Waals surface area (Å²) in [5, 5.41) is 14.1. The molecule has 37 heavy (non-hydrogen) atoms. The molecule has 0 spiro atoms. The Bertz CT molecular complexity index is 1350. The molecule has 192 valence electrons. The maximum Gasteiger partial charge on any atom is 0.251 e. The zero-order valence-corrected chi connectivity index (χ0v) is 20.6. The second-order valence-corrected chi connectivity index (χ2v) is 10.0. The molecule has 5 rings (SSSR count). The molecule has 3 aromatic rings. The van der Waals surface area contributed by atoms with Crippen LogP contribution in [0.3, 0.4) is 0 Å². The number of pyridine rings is 1. The van der Waals surface area contributed by atoms with Crippen molar-refractivity contribution in [1.29, 1.82) is 0 Å². The van der Waals surface area contributed by atoms with Crippen LogP contribution in [-0.2, 0) is 15.8 Å². The van der Waals surface area contributed by atoms with Crippen LogP contribution in [0.15, 0.2) is 54.6 Å². The molecule has 1 saturated carbocycles. The van der Waals surface area contributed by atoms with Crippen molar-refractivity contribution in [3.05, 3.63) is 77.2 Å². The van der Waals surface area contributed by atoms with Crippen LogP contribution in [0.5, 0.6) is 11.5 Å². The summed E-state index contributed by atoms with van der Waals surface area (Å²) >= 11 is 0. The van der Waals surface area contributed by atoms with E-state index in [2.05, 4.69) is 10.3 Å². The van der Waals surface area contributed by atoms with Gasteiger partial charge in [-0.05, 0) is 81.3 Å². The van der Waals surface area contributed by atoms with Crippen molar-refractivity contribution in [3.63, 3.8) is 0 Å². The maximum atomic E-state index is 13.6. The number of rotatable bonds is 8. The zero-order valence-electron chi connectivity index (χ0n) is 20.6. The van der Waals surface area contributed by atoms with E-state index >= 15 is 0 Å². The number of amides is 2. The van der Waals surface area contributed by atoms with Crippen molar-refractivity contribution in [2.75, 3.05) is 13.2 Å². The van der Waals surface area contributed by atoms with Crippen LogP contribution in [0.4, 0.5) is 4.39 Å². The number of carbonyl (C=O) groups is 2. The van der Waals surface area contributed by atoms with Crippen LogP contribution in [0.25, 0.3) is 11.3 Å². The van der Waals surface area contributed by atoms with E-state index in [-0.39, 0.29) is 30.9 Å². The molecule has 2 aliphatic rings. The average Bonchev–Trinajstić information content (AvgIpc) is 3.63. The fraction of sp³-hybridized carbons (Fsp3) is 0.321. The van der Waals surface area contributed by atoms with E-state index in [0.29, 0.717) is 33.9 Å². The lowest BCUT2D eigenvalue weighted by Gasteiger charge is -2.26. The third-order valence-corrected chi connectivity index (χ3v) is 6.82. The van der Waals surface area contributed by atoms with E-state index in [1.54, 1.807) is 37.3 Å². The van der Waals surface area contributed by atoms with E-state index in [0.717, 1.165) is 12.8 Å². The first-order valence-corrected chi connectivity index (χ1v) is 12.1. The van der Waals surface area contributed by atoms with Gasteiger partial charge in [0.1, 0.15) is 40.6 Å². The number of aliphatic hydroxyl groups is 1. The SMILES string of the molecule is C[C@](O)(CNC(=O)c1ccc(OC2CC2)cc1)c1cc2c(c(-c3ccc(F)cc3)n1)OC[C@]2(C)C(N)=O. The van der Waals surface area contributed by atoms with Crippen LogP contribution in [0, 0.1) is 5.82 Å². The van der Waals surface area contributed by atoms with Crippen LogP contribution in [0.2, 0.25) is 0 Å². The molecule has 1 aromatic heterocycles. The summed E-state index contributed by atoms with van der Waals surface area (Å²) in [7, 11) is 0. The molecule has 1 aliphatic carbocycles. The Labute approximate surface area is 213 Å². The van der Waals surface area contributed by atoms with Crippen molar-refractivity contribution in [2.45, 2.75) is 43.8 Å². The number of aromatic nitrogens is 1. The normalized spacial score (nSPS) is 19.9. The summed E-state index contributed by atoms with van der Waals surface area (Å²) < 4.78 is 25.1. The fourth-order valence-corrected chi connectivity index (χ4v) is 4.17. The van der Waals surface area contributed by atoms with E-state index in [4.69, 9.17) is 15.2 Å². The molecule has 2 amide bonds. The number of halogens is 1. The standard InChI is InChI=1S/C28H28FN3O5/c1-27(26(30)34)15-36-24-21(27)13-22(32-23(24)16-3-7-18(29)8-4-16)28(2,35)14-31-25(33)17-5-9-19(10-6-17)37-20-11-12-20/h3-10,13,20,35H,11-12,14-15H2,1-2H3,(H2,30,34)(H,31,33)/t27-,28-/m0/s1. The smallest absolute Gasteiger partial charge is 0.251 e. The minimum Gasteiger partial charge on any atom is -0.490 e. The highest BCUT2D eigenvalue weighted by atomic mass is 19.1. The lowest BCUT2D eigenvalue weighted by molar-refractivity contribution is -0.123. The lowest BCUT2D eigenvalue weighted by Crippen LogP contribution is -2.41. The molecular weight excluding hydrogens is 477 g/mol. The van der Waals surface area contributed by atoms with Crippen molar-refractivity contribution in [1.82, 2.24) is 10.3 Å². The predicted octanol–water partition coefficient (Wildman–Crippen LogP) is 3.20. The van der Waals surface area contributed by atoms with Gasteiger partial charge in [-0.25, -0.2) is 9.37 Å². The minimum atomic E-state index is -1.62. The number of fused-ring (bicyclic) bond motifs is 1. The van der Waals surface area contributed by atoms with Gasteiger partial charge in [0.2, 0.25) is 5.91 Å². The van der Waals surface area contributed by atoms with Crippen molar-refractivity contribution < 1.29 is 28.6 Å². The largest absolute Gasteiger partial charge is 0.490 e. The Morgan fingerprint density at radius 3 is 2.51 bits per heavy atom. The van der Waals surface area contributed by atoms with Gasteiger partial charge in [-0.2, -0.15) is 0 Å². The molecule has 0 saturated heterocycles. The monoisotopic (exact) mass is 505 g/mol. The molecule has 1 aliphatic heterocycles. The molecule has 0 bridgehead atoms. The maximum absolute atomic E-state index is 13.6. The summed E-state index contributed by atoms with van der Waals surface area (Å²) in [6.07, 6.45) is 2.35. The third kappa shape index (κ3) is 4.86. The van der Waals surface area contributed by atoms with E-state index in [9.17, 15) is 19.1 Å². The number of nitrogens with zero attached hydrogens (tertiary/aromatic N) is 1. The highest BCUT2D eigenvalue weighted by Gasteiger charge is 2.45. The number of nitrogens with one attached hydrogen (secondary N) is 1. The second-order valence-electron chi connectivity index (χ2n) is 10.0. The van der Waals surface area contributed by atoms with Crippen molar-refractivity contribution in [2.24, 2.45) is 5.73 Å². The molecule has 2 aromatic carbocycles. The van der Waals surface area contributed by atoms with Gasteiger partial charge >= 0.3 is 0 Å². The average molecular weight is 506 g/mol. The summed E-state index contributed by atoms with van der Waals surface area (Å²) in [4.78, 5) is 29.7. The van der Waals surface area contributed by atoms with E-state index < -0.39 is 22.7 Å². The molecule has 2 heterocycles. The van der Waals surface area contributed by atoms with Gasteiger partial charge in [0, 0.05) is 16.7 Å². The van der Waals surface area contributed by atoms with Gasteiger partial charge in [0.25, 0.3) is 5.91 Å². The highest BCUT2D eigenvalue weighted by molar-refractivity contribution is 5.94. The van der Waals surface area contributed by atoms with Crippen molar-refractivity contribution in [3.8, 4) is 22.8 Å². The van der Waals surface area contributed by atoms with Crippen LogP contribution in [-0.4, -0.2) is 41.2 Å². The Kier molecular flexibility index (Phi) is 6.11. The van der Waals surface area contributed by atoms with Crippen LogP contribution < -0.4 is 20.5 Å². The Morgan fingerprint density at radius 2 is 1.89 bits per heavy atom. The van der Waals surface area contributed by atoms with Crippen LogP contribution >= 0.6 is 0 Å². The molecule has 2 atom stereocenters. The summed E-state index contributed by atoms with van der Waals surface area (Å²) in [6.45, 7) is 3.03. The minimum absolute atomic E-state index is 0.0102. The van der Waals surface area contributed by atoms with Gasteiger partial charge < -0.3 is 25.6 Å². The number of nitrogens with two attached hydrogens (primary N) is 1. The van der Waals surface area contributed by atoms with E-state index in [1.165, 1.54) is 31.2 Å². The van der Waals surface area contributed by atoms with Gasteiger partial charge in [0.15, 0.2) is 0 Å². The quantitative estimate of drug-likeness (QED) is 0.432. The lowest BCUT2D eigenvalue weighted by atomic mass is 9.82. The zero-order chi connectivity index (χ0) is 26.4. The number of benzene rings is 2. The highest BCUT2D eigenvalue weighted by Crippen LogP contribution is 2.45. The number of hydrogen-bond acceptors (Lipinski definition) is 6. The molecule has 4 N–H and O–H groups in total. The fourth-order valence-electron chi connectivity index (χ4n) is 4.17. The first kappa shape index (κ1) is 24.7. The number of carbonyl (C=O) groups excluding carboxylic acids is 2. The summed E-state index contributed by atoms with van der Waals surface area (Å²) in [5.41, 5.74) is 4.92. The van der Waals surface area contributed by atoms with E-state index in [1.807, 2.05) is 0 Å². The molecular formula is C28H28FN3O5. The third-order valence-electron chi connectivity index (χ3n) is 6.82. The number of hydrogen-bond donors (Lipinski definition) is 3. The Morgan fingerprint density at radius 1 is 1.22 bits per heavy atom. The van der Waals surface area contributed by atoms with Gasteiger partial charge in [-0.15, -0.1) is 0 Å². The predicted molar refractivity (Wildman–Crippen MR) is 134 cm³/mol. The Hall–Kier alpha value is -3.98. The Balaban J connectivity index is 1.42. The molecule has 8 nitrogen and oxygen atoms in total. The summed E-state index contributed by atoms with van der Waals surface area (Å²) in [6, 6.07) is 14.1.